The van der Waals surface area contributed by atoms with Gasteiger partial charge in [-0.25, -0.2) is 17.2 Å². The van der Waals surface area contributed by atoms with Gasteiger partial charge in [-0.3, -0.25) is 4.31 Å². The van der Waals surface area contributed by atoms with Gasteiger partial charge in [0.15, 0.2) is 0 Å². The lowest BCUT2D eigenvalue weighted by Gasteiger charge is -2.25. The molecule has 0 aliphatic rings. The number of sulfonamides is 1. The van der Waals surface area contributed by atoms with Crippen molar-refractivity contribution in [3.8, 4) is 0 Å². The molecule has 0 bridgehead atoms. The standard InChI is InChI=1S/C15H15F2NO3S/c1-11(19)10-18(14-5-3-2-4-6-14)22(20,21)15-8-12(16)7-13(17)9-15/h2-9,11,19H,10H2,1H3. The highest BCUT2D eigenvalue weighted by Crippen LogP contribution is 2.25. The largest absolute Gasteiger partial charge is 0.392 e. The molecular formula is C15H15F2NO3S. The Balaban J connectivity index is 2.54. The Morgan fingerprint density at radius 2 is 1.64 bits per heavy atom. The Morgan fingerprint density at radius 3 is 2.14 bits per heavy atom. The van der Waals surface area contributed by atoms with Gasteiger partial charge in [-0.05, 0) is 31.2 Å². The number of aliphatic hydroxyl groups is 1. The quantitative estimate of drug-likeness (QED) is 0.918. The first kappa shape index (κ1) is 16.4. The van der Waals surface area contributed by atoms with Crippen LogP contribution in [0.4, 0.5) is 14.5 Å². The third-order valence-corrected chi connectivity index (χ3v) is 4.67. The summed E-state index contributed by atoms with van der Waals surface area (Å²) in [6.07, 6.45) is -0.951. The molecule has 7 heteroatoms. The second-order valence-corrected chi connectivity index (χ2v) is 6.69. The SMILES string of the molecule is CC(O)CN(c1ccccc1)S(=O)(=O)c1cc(F)cc(F)c1. The van der Waals surface area contributed by atoms with Gasteiger partial charge >= 0.3 is 0 Å². The lowest BCUT2D eigenvalue weighted by atomic mass is 10.3. The van der Waals surface area contributed by atoms with Crippen LogP contribution in [0.1, 0.15) is 6.92 Å². The first-order valence-electron chi connectivity index (χ1n) is 6.52. The first-order valence-corrected chi connectivity index (χ1v) is 7.96. The number of hydrogen-bond acceptors (Lipinski definition) is 3. The molecule has 4 nitrogen and oxygen atoms in total. The summed E-state index contributed by atoms with van der Waals surface area (Å²) in [5.74, 6) is -1.97. The van der Waals surface area contributed by atoms with Gasteiger partial charge in [0.2, 0.25) is 0 Å². The third kappa shape index (κ3) is 3.61. The van der Waals surface area contributed by atoms with Crippen molar-refractivity contribution in [2.75, 3.05) is 10.8 Å². The fourth-order valence-corrected chi connectivity index (χ4v) is 3.57. The van der Waals surface area contributed by atoms with E-state index in [4.69, 9.17) is 0 Å². The highest BCUT2D eigenvalue weighted by molar-refractivity contribution is 7.92. The average molecular weight is 327 g/mol. The number of hydrogen-bond donors (Lipinski definition) is 1. The van der Waals surface area contributed by atoms with Gasteiger partial charge in [0, 0.05) is 6.07 Å². The van der Waals surface area contributed by atoms with Crippen molar-refractivity contribution < 1.29 is 22.3 Å². The molecule has 1 unspecified atom stereocenters. The summed E-state index contributed by atoms with van der Waals surface area (Å²) in [6.45, 7) is 1.20. The van der Waals surface area contributed by atoms with Gasteiger partial charge < -0.3 is 5.11 Å². The predicted octanol–water partition coefficient (Wildman–Crippen LogP) is 2.54. The van der Waals surface area contributed by atoms with Crippen LogP contribution in [0.25, 0.3) is 0 Å². The molecule has 0 spiro atoms. The van der Waals surface area contributed by atoms with E-state index >= 15 is 0 Å². The van der Waals surface area contributed by atoms with E-state index in [-0.39, 0.29) is 6.54 Å². The smallest absolute Gasteiger partial charge is 0.264 e. The summed E-state index contributed by atoms with van der Waals surface area (Å²) in [5.41, 5.74) is 0.299. The molecule has 0 saturated carbocycles. The van der Waals surface area contributed by atoms with E-state index in [0.29, 0.717) is 11.8 Å². The highest BCUT2D eigenvalue weighted by atomic mass is 32.2. The number of aliphatic hydroxyl groups excluding tert-OH is 1. The number of nitrogens with zero attached hydrogens (tertiary/aromatic N) is 1. The molecule has 0 fully saturated rings. The minimum absolute atomic E-state index is 0.232. The van der Waals surface area contributed by atoms with Gasteiger partial charge in [0.1, 0.15) is 11.6 Å². The molecule has 0 saturated heterocycles. The van der Waals surface area contributed by atoms with E-state index in [2.05, 4.69) is 0 Å². The Hall–Kier alpha value is -1.99. The van der Waals surface area contributed by atoms with E-state index in [9.17, 15) is 22.3 Å². The molecule has 0 aromatic heterocycles. The van der Waals surface area contributed by atoms with Crippen molar-refractivity contribution in [2.45, 2.75) is 17.9 Å². The molecule has 2 aromatic rings. The molecular weight excluding hydrogens is 312 g/mol. The zero-order chi connectivity index (χ0) is 16.3. The van der Waals surface area contributed by atoms with Crippen LogP contribution in [0.5, 0.6) is 0 Å². The van der Waals surface area contributed by atoms with E-state index in [1.54, 1.807) is 18.2 Å². The molecule has 0 heterocycles. The summed E-state index contributed by atoms with van der Waals surface area (Å²) in [5, 5.41) is 9.55. The topological polar surface area (TPSA) is 57.6 Å². The van der Waals surface area contributed by atoms with Crippen LogP contribution < -0.4 is 4.31 Å². The number of para-hydroxylation sites is 1. The number of rotatable bonds is 5. The van der Waals surface area contributed by atoms with Crippen molar-refractivity contribution in [3.05, 3.63) is 60.2 Å². The molecule has 0 aliphatic heterocycles. The maximum Gasteiger partial charge on any atom is 0.264 e. The van der Waals surface area contributed by atoms with Gasteiger partial charge in [-0.15, -0.1) is 0 Å². The van der Waals surface area contributed by atoms with Crippen molar-refractivity contribution >= 4 is 15.7 Å². The molecule has 0 aliphatic carbocycles. The second kappa shape index (κ2) is 6.41. The molecule has 2 rings (SSSR count). The van der Waals surface area contributed by atoms with Crippen molar-refractivity contribution in [1.82, 2.24) is 0 Å². The minimum atomic E-state index is -4.20. The van der Waals surface area contributed by atoms with Crippen LogP contribution >= 0.6 is 0 Å². The van der Waals surface area contributed by atoms with Gasteiger partial charge in [-0.2, -0.15) is 0 Å². The summed E-state index contributed by atoms with van der Waals surface area (Å²) in [7, 11) is -4.20. The molecule has 22 heavy (non-hydrogen) atoms. The predicted molar refractivity (Wildman–Crippen MR) is 79.0 cm³/mol. The zero-order valence-electron chi connectivity index (χ0n) is 11.8. The van der Waals surface area contributed by atoms with Crippen LogP contribution in [0.3, 0.4) is 0 Å². The van der Waals surface area contributed by atoms with Crippen molar-refractivity contribution in [3.63, 3.8) is 0 Å². The maximum atomic E-state index is 13.3. The molecule has 1 atom stereocenters. The highest BCUT2D eigenvalue weighted by Gasteiger charge is 2.27. The zero-order valence-corrected chi connectivity index (χ0v) is 12.6. The Morgan fingerprint density at radius 1 is 1.09 bits per heavy atom. The monoisotopic (exact) mass is 327 g/mol. The first-order chi connectivity index (χ1) is 10.3. The third-order valence-electron chi connectivity index (χ3n) is 2.90. The van der Waals surface area contributed by atoms with Crippen LogP contribution in [0.2, 0.25) is 0 Å². The van der Waals surface area contributed by atoms with E-state index < -0.39 is 32.7 Å². The van der Waals surface area contributed by atoms with Gasteiger partial charge in [0.25, 0.3) is 10.0 Å². The van der Waals surface area contributed by atoms with Crippen LogP contribution in [-0.4, -0.2) is 26.2 Å². The van der Waals surface area contributed by atoms with Crippen molar-refractivity contribution in [1.29, 1.82) is 0 Å². The Kier molecular flexibility index (Phi) is 4.77. The maximum absolute atomic E-state index is 13.3. The van der Waals surface area contributed by atoms with Crippen LogP contribution in [0, 0.1) is 11.6 Å². The Labute approximate surface area is 127 Å². The summed E-state index contributed by atoms with van der Waals surface area (Å²) < 4.78 is 52.9. The van der Waals surface area contributed by atoms with E-state index in [0.717, 1.165) is 16.4 Å². The molecule has 1 N–H and O–H groups in total. The van der Waals surface area contributed by atoms with Crippen LogP contribution in [-0.2, 0) is 10.0 Å². The Bertz CT molecular complexity index is 728. The summed E-state index contributed by atoms with van der Waals surface area (Å²) in [6, 6.07) is 10.1. The van der Waals surface area contributed by atoms with Crippen LogP contribution in [0.15, 0.2) is 53.4 Å². The fourth-order valence-electron chi connectivity index (χ4n) is 1.98. The summed E-state index contributed by atoms with van der Waals surface area (Å²) >= 11 is 0. The minimum Gasteiger partial charge on any atom is -0.392 e. The van der Waals surface area contributed by atoms with Gasteiger partial charge in [-0.1, -0.05) is 18.2 Å². The number of halogens is 2. The lowest BCUT2D eigenvalue weighted by molar-refractivity contribution is 0.204. The number of anilines is 1. The normalized spacial score (nSPS) is 12.9. The lowest BCUT2D eigenvalue weighted by Crippen LogP contribution is -2.36. The summed E-state index contributed by atoms with van der Waals surface area (Å²) in [4.78, 5) is -0.505. The molecule has 118 valence electrons. The average Bonchev–Trinajstić information content (AvgIpc) is 2.44. The van der Waals surface area contributed by atoms with E-state index in [1.165, 1.54) is 19.1 Å². The molecule has 0 radical (unpaired) electrons. The van der Waals surface area contributed by atoms with Crippen molar-refractivity contribution in [2.24, 2.45) is 0 Å². The van der Waals surface area contributed by atoms with E-state index in [1.807, 2.05) is 0 Å². The molecule has 2 aromatic carbocycles. The second-order valence-electron chi connectivity index (χ2n) is 4.83. The number of benzene rings is 2. The van der Waals surface area contributed by atoms with Gasteiger partial charge in [0.05, 0.1) is 23.2 Å². The fraction of sp³-hybridized carbons (Fsp3) is 0.200. The molecule has 0 amide bonds.